The lowest BCUT2D eigenvalue weighted by molar-refractivity contribution is -0.293. The molecule has 0 bridgehead atoms. The van der Waals surface area contributed by atoms with Gasteiger partial charge in [-0.3, -0.25) is 0 Å². The third kappa shape index (κ3) is 1.62. The summed E-state index contributed by atoms with van der Waals surface area (Å²) >= 11 is 0. The fraction of sp³-hybridized carbons (Fsp3) is 1.00. The van der Waals surface area contributed by atoms with Crippen LogP contribution in [0.1, 0.15) is 20.3 Å². The zero-order valence-corrected chi connectivity index (χ0v) is 6.25. The van der Waals surface area contributed by atoms with Gasteiger partial charge in [0.2, 0.25) is 0 Å². The van der Waals surface area contributed by atoms with Crippen molar-refractivity contribution in [2.45, 2.75) is 32.0 Å². The molecule has 0 saturated heterocycles. The van der Waals surface area contributed by atoms with E-state index in [0.29, 0.717) is 0 Å². The van der Waals surface area contributed by atoms with Gasteiger partial charge in [0.05, 0.1) is 0 Å². The van der Waals surface area contributed by atoms with Crippen LogP contribution < -0.4 is 0 Å². The molecule has 0 aliphatic carbocycles. The van der Waals surface area contributed by atoms with Crippen molar-refractivity contribution in [3.05, 3.63) is 0 Å². The molecule has 0 rings (SSSR count). The van der Waals surface area contributed by atoms with E-state index in [1.807, 2.05) is 0 Å². The van der Waals surface area contributed by atoms with Crippen LogP contribution in [-0.2, 0) is 4.74 Å². The van der Waals surface area contributed by atoms with Crippen molar-refractivity contribution in [3.8, 4) is 0 Å². The van der Waals surface area contributed by atoms with Gasteiger partial charge in [-0.25, -0.2) is 4.39 Å². The molecule has 1 atom stereocenters. The Balaban J connectivity index is 4.28. The van der Waals surface area contributed by atoms with E-state index in [1.54, 1.807) is 0 Å². The zero-order chi connectivity index (χ0) is 8.41. The smallest absolute Gasteiger partial charge is 0.321 e. The Bertz CT molecular complexity index is 97.6. The molecular weight excluding hydrogens is 145 g/mol. The van der Waals surface area contributed by atoms with Gasteiger partial charge >= 0.3 is 6.11 Å². The van der Waals surface area contributed by atoms with Gasteiger partial charge in [0.1, 0.15) is 0 Å². The molecule has 0 aromatic heterocycles. The Hall–Kier alpha value is -0.250. The van der Waals surface area contributed by atoms with E-state index < -0.39 is 11.8 Å². The van der Waals surface area contributed by atoms with Crippen LogP contribution in [0.15, 0.2) is 0 Å². The summed E-state index contributed by atoms with van der Waals surface area (Å²) in [5.41, 5.74) is -2.57. The van der Waals surface area contributed by atoms with Gasteiger partial charge in [-0.1, -0.05) is 6.92 Å². The summed E-state index contributed by atoms with van der Waals surface area (Å²) < 4.78 is 41.1. The Kier molecular flexibility index (Phi) is 2.71. The number of alkyl halides is 3. The summed E-state index contributed by atoms with van der Waals surface area (Å²) in [4.78, 5) is 0. The van der Waals surface area contributed by atoms with Gasteiger partial charge in [-0.15, -0.1) is 0 Å². The van der Waals surface area contributed by atoms with Crippen molar-refractivity contribution in [3.63, 3.8) is 0 Å². The van der Waals surface area contributed by atoms with Crippen molar-refractivity contribution < 1.29 is 17.9 Å². The second kappa shape index (κ2) is 2.78. The van der Waals surface area contributed by atoms with Crippen molar-refractivity contribution >= 4 is 0 Å². The predicted octanol–water partition coefficient (Wildman–Crippen LogP) is 2.36. The number of rotatable bonds is 3. The molecular formula is C6H11F3O. The monoisotopic (exact) mass is 156 g/mol. The lowest BCUT2D eigenvalue weighted by Gasteiger charge is -2.26. The van der Waals surface area contributed by atoms with Crippen LogP contribution in [0.2, 0.25) is 0 Å². The van der Waals surface area contributed by atoms with Crippen LogP contribution in [0.25, 0.3) is 0 Å². The van der Waals surface area contributed by atoms with Crippen molar-refractivity contribution in [2.24, 2.45) is 0 Å². The second-order valence-electron chi connectivity index (χ2n) is 2.27. The first-order valence-electron chi connectivity index (χ1n) is 2.99. The molecule has 62 valence electrons. The molecule has 1 nitrogen and oxygen atoms in total. The van der Waals surface area contributed by atoms with Crippen molar-refractivity contribution in [1.29, 1.82) is 0 Å². The van der Waals surface area contributed by atoms with E-state index in [0.717, 1.165) is 14.0 Å². The maximum Gasteiger partial charge on any atom is 0.389 e. The highest BCUT2D eigenvalue weighted by atomic mass is 19.3. The van der Waals surface area contributed by atoms with Crippen molar-refractivity contribution in [1.82, 2.24) is 0 Å². The molecule has 0 heterocycles. The first-order chi connectivity index (χ1) is 4.37. The molecule has 0 N–H and O–H groups in total. The van der Waals surface area contributed by atoms with E-state index in [-0.39, 0.29) is 6.42 Å². The van der Waals surface area contributed by atoms with Crippen LogP contribution in [-0.4, -0.2) is 18.9 Å². The maximum absolute atomic E-state index is 12.7. The van der Waals surface area contributed by atoms with Gasteiger partial charge in [-0.05, 0) is 13.3 Å². The van der Waals surface area contributed by atoms with Gasteiger partial charge in [0, 0.05) is 7.11 Å². The lowest BCUT2D eigenvalue weighted by atomic mass is 10.1. The average molecular weight is 156 g/mol. The molecule has 0 aromatic rings. The molecule has 4 heteroatoms. The number of halogens is 3. The topological polar surface area (TPSA) is 9.23 Å². The van der Waals surface area contributed by atoms with Gasteiger partial charge in [0.15, 0.2) is 5.67 Å². The van der Waals surface area contributed by atoms with E-state index in [4.69, 9.17) is 0 Å². The maximum atomic E-state index is 12.7. The highest BCUT2D eigenvalue weighted by Gasteiger charge is 2.50. The van der Waals surface area contributed by atoms with E-state index in [1.165, 1.54) is 6.92 Å². The average Bonchev–Trinajstić information content (AvgIpc) is 1.88. The Morgan fingerprint density at radius 1 is 1.30 bits per heavy atom. The van der Waals surface area contributed by atoms with Crippen LogP contribution >= 0.6 is 0 Å². The Labute approximate surface area is 58.2 Å². The largest absolute Gasteiger partial charge is 0.389 e. The van der Waals surface area contributed by atoms with Crippen LogP contribution in [0.4, 0.5) is 13.2 Å². The van der Waals surface area contributed by atoms with Gasteiger partial charge < -0.3 is 4.74 Å². The SMILES string of the molecule is CCC(C)(F)C(F)(F)OC. The quantitative estimate of drug-likeness (QED) is 0.609. The summed E-state index contributed by atoms with van der Waals surface area (Å²) in [6.45, 7) is 2.16. The normalized spacial score (nSPS) is 18.6. The Morgan fingerprint density at radius 3 is 1.80 bits per heavy atom. The molecule has 0 fully saturated rings. The molecule has 0 spiro atoms. The fourth-order valence-corrected chi connectivity index (χ4v) is 0.419. The lowest BCUT2D eigenvalue weighted by Crippen LogP contribution is -2.42. The predicted molar refractivity (Wildman–Crippen MR) is 31.8 cm³/mol. The summed E-state index contributed by atoms with van der Waals surface area (Å²) in [6.07, 6.45) is -3.95. The molecule has 10 heavy (non-hydrogen) atoms. The molecule has 1 unspecified atom stereocenters. The standard InChI is InChI=1S/C6H11F3O/c1-4-5(2,7)6(8,9)10-3/h4H2,1-3H3. The first kappa shape index (κ1) is 9.75. The number of methoxy groups -OCH3 is 1. The van der Waals surface area contributed by atoms with Crippen molar-refractivity contribution in [2.75, 3.05) is 7.11 Å². The summed E-state index contributed by atoms with van der Waals surface area (Å²) in [7, 11) is 0.785. The number of ether oxygens (including phenoxy) is 1. The summed E-state index contributed by atoms with van der Waals surface area (Å²) in [5.74, 6) is 0. The van der Waals surface area contributed by atoms with Gasteiger partial charge in [-0.2, -0.15) is 8.78 Å². The molecule has 0 saturated carbocycles. The highest BCUT2D eigenvalue weighted by Crippen LogP contribution is 2.34. The van der Waals surface area contributed by atoms with Gasteiger partial charge in [0.25, 0.3) is 0 Å². The van der Waals surface area contributed by atoms with Crippen LogP contribution in [0.5, 0.6) is 0 Å². The summed E-state index contributed by atoms with van der Waals surface area (Å²) in [5, 5.41) is 0. The zero-order valence-electron chi connectivity index (χ0n) is 6.25. The highest BCUT2D eigenvalue weighted by molar-refractivity contribution is 4.80. The first-order valence-corrected chi connectivity index (χ1v) is 2.99. The fourth-order valence-electron chi connectivity index (χ4n) is 0.419. The molecule has 0 aliphatic rings. The Morgan fingerprint density at radius 2 is 1.70 bits per heavy atom. The molecule has 0 amide bonds. The third-order valence-electron chi connectivity index (χ3n) is 1.53. The van der Waals surface area contributed by atoms with E-state index in [9.17, 15) is 13.2 Å². The number of hydrogen-bond acceptors (Lipinski definition) is 1. The van der Waals surface area contributed by atoms with E-state index in [2.05, 4.69) is 4.74 Å². The molecule has 0 aromatic carbocycles. The van der Waals surface area contributed by atoms with Crippen LogP contribution in [0.3, 0.4) is 0 Å². The van der Waals surface area contributed by atoms with Crippen LogP contribution in [0, 0.1) is 0 Å². The van der Waals surface area contributed by atoms with E-state index >= 15 is 0 Å². The molecule has 0 radical (unpaired) electrons. The number of hydrogen-bond donors (Lipinski definition) is 0. The summed E-state index contributed by atoms with van der Waals surface area (Å²) in [6, 6.07) is 0. The minimum atomic E-state index is -3.68. The molecule has 0 aliphatic heterocycles. The third-order valence-corrected chi connectivity index (χ3v) is 1.53. The minimum Gasteiger partial charge on any atom is -0.321 e. The minimum absolute atomic E-state index is 0.270. The second-order valence-corrected chi connectivity index (χ2v) is 2.27.